The first-order valence-electron chi connectivity index (χ1n) is 5.93. The average Bonchev–Trinajstić information content (AvgIpc) is 2.85. The highest BCUT2D eigenvalue weighted by Crippen LogP contribution is 2.19. The number of likely N-dealkylation sites (N-methyl/N-ethyl adjacent to an activating group) is 1. The Labute approximate surface area is 96.4 Å². The van der Waals surface area contributed by atoms with Crippen molar-refractivity contribution >= 4 is 5.91 Å². The van der Waals surface area contributed by atoms with Gasteiger partial charge in [-0.15, -0.1) is 0 Å². The maximum Gasteiger partial charge on any atom is 0.227 e. The summed E-state index contributed by atoms with van der Waals surface area (Å²) in [5.74, 6) is 0.292. The van der Waals surface area contributed by atoms with Crippen LogP contribution in [0.1, 0.15) is 6.42 Å². The lowest BCUT2D eigenvalue weighted by molar-refractivity contribution is -0.137. The molecule has 3 atom stereocenters. The minimum Gasteiger partial charge on any atom is -0.390 e. The van der Waals surface area contributed by atoms with Gasteiger partial charge in [0.05, 0.1) is 18.1 Å². The Morgan fingerprint density at radius 3 is 2.75 bits per heavy atom. The fraction of sp³-hybridized carbons (Fsp3) is 0.909. The van der Waals surface area contributed by atoms with Crippen LogP contribution in [-0.4, -0.2) is 73.2 Å². The molecule has 0 aromatic carbocycles. The molecule has 0 radical (unpaired) electrons. The zero-order valence-corrected chi connectivity index (χ0v) is 10.0. The lowest BCUT2D eigenvalue weighted by atomic mass is 10.1. The van der Waals surface area contributed by atoms with Crippen LogP contribution in [-0.2, 0) is 4.79 Å². The summed E-state index contributed by atoms with van der Waals surface area (Å²) in [7, 11) is 3.85. The third kappa shape index (κ3) is 2.21. The number of aliphatic hydroxyl groups excluding tert-OH is 1. The van der Waals surface area contributed by atoms with Gasteiger partial charge in [0.2, 0.25) is 5.91 Å². The second-order valence-corrected chi connectivity index (χ2v) is 4.99. The summed E-state index contributed by atoms with van der Waals surface area (Å²) >= 11 is 0. The predicted octanol–water partition coefficient (Wildman–Crippen LogP) is -1.27. The second kappa shape index (κ2) is 4.69. The Kier molecular flexibility index (Phi) is 3.47. The number of carbonyl (C=O) groups excluding carboxylic acids is 1. The fourth-order valence-corrected chi connectivity index (χ4v) is 2.63. The Balaban J connectivity index is 1.93. The highest BCUT2D eigenvalue weighted by atomic mass is 16.3. The van der Waals surface area contributed by atoms with Crippen molar-refractivity contribution in [2.45, 2.75) is 18.6 Å². The maximum atomic E-state index is 12.2. The Morgan fingerprint density at radius 2 is 2.25 bits per heavy atom. The van der Waals surface area contributed by atoms with Crippen LogP contribution in [0.15, 0.2) is 0 Å². The van der Waals surface area contributed by atoms with Gasteiger partial charge in [-0.3, -0.25) is 4.79 Å². The second-order valence-electron chi connectivity index (χ2n) is 4.99. The molecule has 0 spiro atoms. The number of aliphatic hydroxyl groups is 1. The summed E-state index contributed by atoms with van der Waals surface area (Å²) in [4.78, 5) is 16.1. The summed E-state index contributed by atoms with van der Waals surface area (Å²) < 4.78 is 0. The Morgan fingerprint density at radius 1 is 1.50 bits per heavy atom. The number of carbonyl (C=O) groups is 1. The van der Waals surface area contributed by atoms with E-state index in [2.05, 4.69) is 10.2 Å². The topological polar surface area (TPSA) is 55.8 Å². The van der Waals surface area contributed by atoms with Gasteiger partial charge in [-0.05, 0) is 20.0 Å². The van der Waals surface area contributed by atoms with Crippen LogP contribution in [0.2, 0.25) is 0 Å². The lowest BCUT2D eigenvalue weighted by Gasteiger charge is -2.28. The molecule has 5 heteroatoms. The first kappa shape index (κ1) is 11.8. The van der Waals surface area contributed by atoms with Crippen molar-refractivity contribution in [1.82, 2.24) is 15.1 Å². The molecule has 2 saturated heterocycles. The third-order valence-electron chi connectivity index (χ3n) is 3.74. The van der Waals surface area contributed by atoms with Crippen LogP contribution in [0, 0.1) is 5.92 Å². The molecule has 0 aromatic heterocycles. The predicted molar refractivity (Wildman–Crippen MR) is 61.0 cm³/mol. The van der Waals surface area contributed by atoms with Crippen molar-refractivity contribution in [1.29, 1.82) is 0 Å². The van der Waals surface area contributed by atoms with Crippen molar-refractivity contribution in [2.75, 3.05) is 40.3 Å². The van der Waals surface area contributed by atoms with Crippen molar-refractivity contribution in [3.63, 3.8) is 0 Å². The number of nitrogens with one attached hydrogen (secondary N) is 1. The van der Waals surface area contributed by atoms with E-state index in [1.54, 1.807) is 4.90 Å². The molecule has 5 nitrogen and oxygen atoms in total. The Hall–Kier alpha value is -0.650. The van der Waals surface area contributed by atoms with Crippen molar-refractivity contribution in [3.05, 3.63) is 0 Å². The number of β-amino-alcohol motifs (C(OH)–C–C–N with tert-alkyl or cyclic N) is 1. The normalized spacial score (nSPS) is 35.6. The van der Waals surface area contributed by atoms with Crippen LogP contribution >= 0.6 is 0 Å². The van der Waals surface area contributed by atoms with Gasteiger partial charge in [-0.25, -0.2) is 0 Å². The summed E-state index contributed by atoms with van der Waals surface area (Å²) in [6.45, 7) is 3.13. The number of nitrogens with zero attached hydrogens (tertiary/aromatic N) is 2. The van der Waals surface area contributed by atoms with E-state index < -0.39 is 6.10 Å². The molecule has 2 rings (SSSR count). The van der Waals surface area contributed by atoms with Crippen LogP contribution < -0.4 is 5.32 Å². The molecule has 0 aromatic rings. The largest absolute Gasteiger partial charge is 0.390 e. The van der Waals surface area contributed by atoms with Gasteiger partial charge in [-0.2, -0.15) is 0 Å². The first-order chi connectivity index (χ1) is 7.59. The van der Waals surface area contributed by atoms with E-state index in [4.69, 9.17) is 0 Å². The Bertz CT molecular complexity index is 272. The number of amides is 1. The quantitative estimate of drug-likeness (QED) is 0.617. The minimum absolute atomic E-state index is 0.0570. The molecule has 92 valence electrons. The third-order valence-corrected chi connectivity index (χ3v) is 3.74. The highest BCUT2D eigenvalue weighted by Gasteiger charge is 2.35. The van der Waals surface area contributed by atoms with E-state index in [9.17, 15) is 9.90 Å². The number of hydrogen-bond acceptors (Lipinski definition) is 4. The van der Waals surface area contributed by atoms with E-state index in [0.29, 0.717) is 13.1 Å². The number of hydrogen-bond donors (Lipinski definition) is 2. The monoisotopic (exact) mass is 227 g/mol. The lowest BCUT2D eigenvalue weighted by Crippen LogP contribution is -2.47. The fourth-order valence-electron chi connectivity index (χ4n) is 2.63. The first-order valence-corrected chi connectivity index (χ1v) is 5.93. The van der Waals surface area contributed by atoms with E-state index in [0.717, 1.165) is 19.5 Å². The van der Waals surface area contributed by atoms with E-state index >= 15 is 0 Å². The van der Waals surface area contributed by atoms with Gasteiger partial charge in [0, 0.05) is 26.7 Å². The molecular formula is C11H21N3O2. The van der Waals surface area contributed by atoms with Crippen LogP contribution in [0.3, 0.4) is 0 Å². The minimum atomic E-state index is -0.423. The molecule has 0 bridgehead atoms. The highest BCUT2D eigenvalue weighted by molar-refractivity contribution is 5.79. The van der Waals surface area contributed by atoms with Gasteiger partial charge in [0.1, 0.15) is 0 Å². The molecule has 2 aliphatic rings. The summed E-state index contributed by atoms with van der Waals surface area (Å²) in [5, 5.41) is 12.8. The van der Waals surface area contributed by atoms with Crippen LogP contribution in [0.4, 0.5) is 0 Å². The summed E-state index contributed by atoms with van der Waals surface area (Å²) in [6.07, 6.45) is 0.517. The SMILES string of the molecule is CN1CCC(C(=O)N(C)[C@@H]2CNC[C@H]2O)C1. The van der Waals surface area contributed by atoms with Gasteiger partial charge < -0.3 is 20.2 Å². The van der Waals surface area contributed by atoms with Crippen LogP contribution in [0.5, 0.6) is 0 Å². The van der Waals surface area contributed by atoms with Gasteiger partial charge in [-0.1, -0.05) is 0 Å². The molecule has 16 heavy (non-hydrogen) atoms. The molecule has 2 N–H and O–H groups in total. The number of likely N-dealkylation sites (tertiary alicyclic amines) is 1. The molecular weight excluding hydrogens is 206 g/mol. The van der Waals surface area contributed by atoms with Crippen molar-refractivity contribution in [2.24, 2.45) is 5.92 Å². The van der Waals surface area contributed by atoms with Crippen molar-refractivity contribution in [3.8, 4) is 0 Å². The van der Waals surface area contributed by atoms with Gasteiger partial charge >= 0.3 is 0 Å². The van der Waals surface area contributed by atoms with Gasteiger partial charge in [0.25, 0.3) is 0 Å². The van der Waals surface area contributed by atoms with Crippen molar-refractivity contribution < 1.29 is 9.90 Å². The smallest absolute Gasteiger partial charge is 0.227 e. The van der Waals surface area contributed by atoms with Gasteiger partial charge in [0.15, 0.2) is 0 Å². The zero-order valence-electron chi connectivity index (χ0n) is 10.0. The molecule has 0 saturated carbocycles. The van der Waals surface area contributed by atoms with E-state index in [1.165, 1.54) is 0 Å². The molecule has 2 aliphatic heterocycles. The maximum absolute atomic E-state index is 12.2. The summed E-state index contributed by atoms with van der Waals surface area (Å²) in [6, 6.07) is -0.0570. The molecule has 1 unspecified atom stereocenters. The van der Waals surface area contributed by atoms with E-state index in [1.807, 2.05) is 14.1 Å². The van der Waals surface area contributed by atoms with Crippen LogP contribution in [0.25, 0.3) is 0 Å². The molecule has 2 fully saturated rings. The van der Waals surface area contributed by atoms with E-state index in [-0.39, 0.29) is 17.9 Å². The number of rotatable bonds is 2. The average molecular weight is 227 g/mol. The molecule has 1 amide bonds. The summed E-state index contributed by atoms with van der Waals surface area (Å²) in [5.41, 5.74) is 0. The standard InChI is InChI=1S/C11H21N3O2/c1-13-4-3-8(7-13)11(16)14(2)9-5-12-6-10(9)15/h8-10,12,15H,3-7H2,1-2H3/t8?,9-,10-/m1/s1. The zero-order chi connectivity index (χ0) is 11.7. The molecule has 2 heterocycles. The molecule has 0 aliphatic carbocycles.